The number of halogens is 1. The van der Waals surface area contributed by atoms with Crippen molar-refractivity contribution in [3.63, 3.8) is 0 Å². The van der Waals surface area contributed by atoms with Gasteiger partial charge in [-0.1, -0.05) is 6.07 Å². The molecule has 0 aromatic carbocycles. The number of piperidine rings is 1. The smallest absolute Gasteiger partial charge is 0.220 e. The molecule has 8 nitrogen and oxygen atoms in total. The summed E-state index contributed by atoms with van der Waals surface area (Å²) in [4.78, 5) is 29.2. The normalized spacial score (nSPS) is 14.9. The number of nitrogens with zero attached hydrogens (tertiary/aromatic N) is 5. The molecule has 0 saturated carbocycles. The number of aromatic nitrogens is 2. The molecule has 3 N–H and O–H groups in total. The number of hydrogen-bond donors (Lipinski definition) is 2. The van der Waals surface area contributed by atoms with Gasteiger partial charge >= 0.3 is 0 Å². The first-order valence-electron chi connectivity index (χ1n) is 9.79. The zero-order chi connectivity index (χ0) is 20.8. The lowest BCUT2D eigenvalue weighted by molar-refractivity contribution is -0.122. The number of carbonyl (C=O) groups is 1. The Morgan fingerprint density at radius 2 is 2.17 bits per heavy atom. The average molecular weight is 543 g/mol. The largest absolute Gasteiger partial charge is 0.369 e. The highest BCUT2D eigenvalue weighted by Gasteiger charge is 2.25. The predicted molar refractivity (Wildman–Crippen MR) is 132 cm³/mol. The number of aliphatic imine (C=N–C) groups is 1. The van der Waals surface area contributed by atoms with Crippen LogP contribution in [-0.4, -0.2) is 53.9 Å². The van der Waals surface area contributed by atoms with Gasteiger partial charge in [0.1, 0.15) is 5.82 Å². The van der Waals surface area contributed by atoms with Crippen molar-refractivity contribution in [1.82, 2.24) is 20.2 Å². The number of hydrogen-bond acceptors (Lipinski definition) is 6. The number of pyridine rings is 1. The molecule has 1 aliphatic heterocycles. The Morgan fingerprint density at radius 1 is 1.43 bits per heavy atom. The maximum absolute atomic E-state index is 11.4. The monoisotopic (exact) mass is 543 g/mol. The number of aryl methyl sites for hydroxylation is 1. The van der Waals surface area contributed by atoms with Crippen molar-refractivity contribution in [3.05, 3.63) is 40.0 Å². The SMILES string of the molecule is CN=C(NCc1cccnc1N1CCC(C(N)=O)CC1)N(C)Cc1csc(C)n1.I. The Hall–Kier alpha value is -1.95. The second-order valence-corrected chi connectivity index (χ2v) is 8.33. The molecule has 1 saturated heterocycles. The van der Waals surface area contributed by atoms with E-state index in [4.69, 9.17) is 5.73 Å². The van der Waals surface area contributed by atoms with Crippen LogP contribution in [0.5, 0.6) is 0 Å². The van der Waals surface area contributed by atoms with Gasteiger partial charge in [-0.15, -0.1) is 35.3 Å². The van der Waals surface area contributed by atoms with E-state index >= 15 is 0 Å². The van der Waals surface area contributed by atoms with Gasteiger partial charge in [-0.3, -0.25) is 9.79 Å². The number of primary amides is 1. The lowest BCUT2D eigenvalue weighted by Crippen LogP contribution is -2.40. The van der Waals surface area contributed by atoms with Gasteiger partial charge < -0.3 is 20.9 Å². The third kappa shape index (κ3) is 6.27. The van der Waals surface area contributed by atoms with Gasteiger partial charge in [0.25, 0.3) is 0 Å². The molecule has 0 spiro atoms. The lowest BCUT2D eigenvalue weighted by atomic mass is 9.96. The van der Waals surface area contributed by atoms with Crippen LogP contribution >= 0.6 is 35.3 Å². The van der Waals surface area contributed by atoms with Crippen LogP contribution in [0.15, 0.2) is 28.7 Å². The molecule has 10 heteroatoms. The molecule has 0 radical (unpaired) electrons. The molecule has 0 atom stereocenters. The molecular formula is C20H30IN7OS. The number of guanidine groups is 1. The first-order chi connectivity index (χ1) is 14.0. The molecule has 0 unspecified atom stereocenters. The molecule has 3 heterocycles. The van der Waals surface area contributed by atoms with Crippen LogP contribution in [0.3, 0.4) is 0 Å². The van der Waals surface area contributed by atoms with E-state index in [1.807, 2.05) is 26.2 Å². The predicted octanol–water partition coefficient (Wildman–Crippen LogP) is 2.37. The number of rotatable bonds is 6. The van der Waals surface area contributed by atoms with Crippen molar-refractivity contribution in [1.29, 1.82) is 0 Å². The van der Waals surface area contributed by atoms with Crippen LogP contribution < -0.4 is 16.0 Å². The first-order valence-corrected chi connectivity index (χ1v) is 10.7. The molecule has 2 aromatic rings. The zero-order valence-corrected chi connectivity index (χ0v) is 20.8. The minimum atomic E-state index is -0.199. The zero-order valence-electron chi connectivity index (χ0n) is 17.7. The molecule has 1 aliphatic rings. The number of carbonyl (C=O) groups excluding carboxylic acids is 1. The fourth-order valence-corrected chi connectivity index (χ4v) is 4.19. The Kier molecular flexibility index (Phi) is 9.28. The van der Waals surface area contributed by atoms with Crippen molar-refractivity contribution in [2.45, 2.75) is 32.9 Å². The molecule has 164 valence electrons. The maximum atomic E-state index is 11.4. The second-order valence-electron chi connectivity index (χ2n) is 7.26. The van der Waals surface area contributed by atoms with Crippen LogP contribution in [0.1, 0.15) is 29.1 Å². The minimum Gasteiger partial charge on any atom is -0.369 e. The van der Waals surface area contributed by atoms with Crippen molar-refractivity contribution < 1.29 is 4.79 Å². The van der Waals surface area contributed by atoms with E-state index in [0.717, 1.165) is 54.0 Å². The summed E-state index contributed by atoms with van der Waals surface area (Å²) < 4.78 is 0. The van der Waals surface area contributed by atoms with E-state index in [1.54, 1.807) is 18.4 Å². The van der Waals surface area contributed by atoms with Gasteiger partial charge in [0, 0.05) is 56.8 Å². The summed E-state index contributed by atoms with van der Waals surface area (Å²) in [6.07, 6.45) is 3.36. The van der Waals surface area contributed by atoms with Gasteiger partial charge in [-0.25, -0.2) is 9.97 Å². The number of anilines is 1. The number of amides is 1. The highest BCUT2D eigenvalue weighted by atomic mass is 127. The fourth-order valence-electron chi connectivity index (χ4n) is 3.59. The van der Waals surface area contributed by atoms with E-state index in [-0.39, 0.29) is 35.8 Å². The quantitative estimate of drug-likeness (QED) is 0.330. The van der Waals surface area contributed by atoms with Crippen LogP contribution in [0.25, 0.3) is 0 Å². The molecule has 1 amide bonds. The number of nitrogens with one attached hydrogen (secondary N) is 1. The van der Waals surface area contributed by atoms with Crippen LogP contribution in [-0.2, 0) is 17.9 Å². The fraction of sp³-hybridized carbons (Fsp3) is 0.500. The summed E-state index contributed by atoms with van der Waals surface area (Å²) in [5.74, 6) is 1.53. The molecule has 0 aliphatic carbocycles. The highest BCUT2D eigenvalue weighted by Crippen LogP contribution is 2.24. The number of thiazole rings is 1. The van der Waals surface area contributed by atoms with Gasteiger partial charge in [0.05, 0.1) is 17.2 Å². The van der Waals surface area contributed by atoms with Crippen LogP contribution in [0, 0.1) is 12.8 Å². The van der Waals surface area contributed by atoms with E-state index in [9.17, 15) is 4.79 Å². The topological polar surface area (TPSA) is 99.7 Å². The Balaban J connectivity index is 0.00000320. The summed E-state index contributed by atoms with van der Waals surface area (Å²) in [6.45, 7) is 4.90. The molecular weight excluding hydrogens is 513 g/mol. The van der Waals surface area contributed by atoms with Crippen molar-refractivity contribution in [2.75, 3.05) is 32.1 Å². The second kappa shape index (κ2) is 11.4. The van der Waals surface area contributed by atoms with Gasteiger partial charge in [0.15, 0.2) is 5.96 Å². The summed E-state index contributed by atoms with van der Waals surface area (Å²) >= 11 is 1.65. The van der Waals surface area contributed by atoms with E-state index < -0.39 is 0 Å². The minimum absolute atomic E-state index is 0. The summed E-state index contributed by atoms with van der Waals surface area (Å²) in [7, 11) is 3.78. The highest BCUT2D eigenvalue weighted by molar-refractivity contribution is 14.0. The van der Waals surface area contributed by atoms with Gasteiger partial charge in [0.2, 0.25) is 5.91 Å². The molecule has 30 heavy (non-hydrogen) atoms. The summed E-state index contributed by atoms with van der Waals surface area (Å²) in [5.41, 5.74) is 7.60. The van der Waals surface area contributed by atoms with Crippen molar-refractivity contribution in [2.24, 2.45) is 16.6 Å². The molecule has 2 aromatic heterocycles. The molecule has 0 bridgehead atoms. The van der Waals surface area contributed by atoms with E-state index in [0.29, 0.717) is 13.1 Å². The van der Waals surface area contributed by atoms with Gasteiger partial charge in [-0.2, -0.15) is 0 Å². The van der Waals surface area contributed by atoms with Gasteiger partial charge in [-0.05, 0) is 25.8 Å². The Labute approximate surface area is 199 Å². The van der Waals surface area contributed by atoms with Crippen LogP contribution in [0.2, 0.25) is 0 Å². The Bertz CT molecular complexity index is 864. The standard InChI is InChI=1S/C20H29N7OS.HI/c1-14-25-17(13-29-14)12-26(3)20(22-2)24-11-16-5-4-8-23-19(16)27-9-6-15(7-10-27)18(21)28;/h4-5,8,13,15H,6-7,9-12H2,1-3H3,(H2,21,28)(H,22,24);1H. The van der Waals surface area contributed by atoms with E-state index in [1.165, 1.54) is 0 Å². The molecule has 3 rings (SSSR count). The first kappa shape index (κ1) is 24.3. The third-order valence-corrected chi connectivity index (χ3v) is 5.96. The average Bonchev–Trinajstić information content (AvgIpc) is 3.13. The summed E-state index contributed by atoms with van der Waals surface area (Å²) in [5, 5.41) is 6.57. The summed E-state index contributed by atoms with van der Waals surface area (Å²) in [6, 6.07) is 4.02. The lowest BCUT2D eigenvalue weighted by Gasteiger charge is -2.32. The van der Waals surface area contributed by atoms with Crippen LogP contribution in [0.4, 0.5) is 5.82 Å². The maximum Gasteiger partial charge on any atom is 0.220 e. The Morgan fingerprint density at radius 3 is 2.77 bits per heavy atom. The molecule has 1 fully saturated rings. The third-order valence-electron chi connectivity index (χ3n) is 5.14. The van der Waals surface area contributed by atoms with Crippen molar-refractivity contribution in [3.8, 4) is 0 Å². The number of nitrogens with two attached hydrogens (primary N) is 1. The van der Waals surface area contributed by atoms with Crippen molar-refractivity contribution >= 4 is 53.0 Å². The van der Waals surface area contributed by atoms with E-state index in [2.05, 4.69) is 41.5 Å².